The summed E-state index contributed by atoms with van der Waals surface area (Å²) in [6, 6.07) is 6.05. The lowest BCUT2D eigenvalue weighted by atomic mass is 10.0. The van der Waals surface area contributed by atoms with Crippen molar-refractivity contribution in [2.45, 2.75) is 38.8 Å². The largest absolute Gasteiger partial charge is 0.368 e. The maximum atomic E-state index is 14.0. The molecule has 1 unspecified atom stereocenters. The summed E-state index contributed by atoms with van der Waals surface area (Å²) in [4.78, 5) is 2.33. The van der Waals surface area contributed by atoms with Crippen LogP contribution in [0.25, 0.3) is 0 Å². The number of rotatable bonds is 5. The van der Waals surface area contributed by atoms with Gasteiger partial charge in [0.25, 0.3) is 0 Å². The lowest BCUT2D eigenvalue weighted by Crippen LogP contribution is -2.28. The Bertz CT molecular complexity index is 388. The summed E-state index contributed by atoms with van der Waals surface area (Å²) in [5.41, 5.74) is 1.85. The lowest BCUT2D eigenvalue weighted by Gasteiger charge is -2.28. The molecule has 0 aliphatic heterocycles. The van der Waals surface area contributed by atoms with Crippen LogP contribution in [0, 0.1) is 5.82 Å². The van der Waals surface area contributed by atoms with E-state index in [4.69, 9.17) is 0 Å². The SMILES string of the molecule is CCN(c1cccc(F)c1C(C)NC)C1CC1. The molecule has 0 saturated heterocycles. The zero-order valence-electron chi connectivity index (χ0n) is 10.8. The summed E-state index contributed by atoms with van der Waals surface area (Å²) in [7, 11) is 1.87. The summed E-state index contributed by atoms with van der Waals surface area (Å²) < 4.78 is 14.0. The molecule has 0 radical (unpaired) electrons. The molecule has 1 fully saturated rings. The molecule has 1 aliphatic carbocycles. The van der Waals surface area contributed by atoms with Gasteiger partial charge in [0.1, 0.15) is 5.82 Å². The van der Waals surface area contributed by atoms with Crippen LogP contribution in [0.1, 0.15) is 38.3 Å². The van der Waals surface area contributed by atoms with Crippen LogP contribution in [0.2, 0.25) is 0 Å². The molecule has 0 aromatic heterocycles. The smallest absolute Gasteiger partial charge is 0.130 e. The Morgan fingerprint density at radius 2 is 2.18 bits per heavy atom. The zero-order valence-corrected chi connectivity index (χ0v) is 10.8. The third kappa shape index (κ3) is 2.44. The van der Waals surface area contributed by atoms with Crippen LogP contribution in [0.3, 0.4) is 0 Å². The molecule has 0 spiro atoms. The predicted octanol–water partition coefficient (Wildman–Crippen LogP) is 3.09. The van der Waals surface area contributed by atoms with Crippen LogP contribution in [-0.2, 0) is 0 Å². The van der Waals surface area contributed by atoms with Crippen LogP contribution in [0.4, 0.5) is 10.1 Å². The normalized spacial score (nSPS) is 16.9. The van der Waals surface area contributed by atoms with Crippen LogP contribution in [-0.4, -0.2) is 19.6 Å². The zero-order chi connectivity index (χ0) is 12.4. The van der Waals surface area contributed by atoms with E-state index in [1.807, 2.05) is 26.1 Å². The highest BCUT2D eigenvalue weighted by Gasteiger charge is 2.30. The van der Waals surface area contributed by atoms with Crippen molar-refractivity contribution in [1.29, 1.82) is 0 Å². The van der Waals surface area contributed by atoms with Crippen LogP contribution >= 0.6 is 0 Å². The number of hydrogen-bond acceptors (Lipinski definition) is 2. The average Bonchev–Trinajstić information content (AvgIpc) is 3.14. The molecule has 1 aromatic carbocycles. The molecular formula is C14H21FN2. The first-order chi connectivity index (χ1) is 8.19. The molecule has 94 valence electrons. The Labute approximate surface area is 103 Å². The monoisotopic (exact) mass is 236 g/mol. The van der Waals surface area contributed by atoms with Crippen molar-refractivity contribution >= 4 is 5.69 Å². The molecule has 1 aromatic rings. The van der Waals surface area contributed by atoms with Crippen molar-refractivity contribution in [2.24, 2.45) is 0 Å². The highest BCUT2D eigenvalue weighted by Crippen LogP contribution is 2.36. The van der Waals surface area contributed by atoms with Gasteiger partial charge in [-0.05, 0) is 45.9 Å². The highest BCUT2D eigenvalue weighted by atomic mass is 19.1. The van der Waals surface area contributed by atoms with Crippen molar-refractivity contribution in [1.82, 2.24) is 5.32 Å². The first-order valence-corrected chi connectivity index (χ1v) is 6.41. The van der Waals surface area contributed by atoms with Crippen molar-refractivity contribution < 1.29 is 4.39 Å². The van der Waals surface area contributed by atoms with E-state index in [9.17, 15) is 4.39 Å². The number of anilines is 1. The first kappa shape index (κ1) is 12.4. The van der Waals surface area contributed by atoms with E-state index in [1.165, 1.54) is 12.8 Å². The van der Waals surface area contributed by atoms with Gasteiger partial charge in [-0.15, -0.1) is 0 Å². The summed E-state index contributed by atoms with van der Waals surface area (Å²) >= 11 is 0. The fraction of sp³-hybridized carbons (Fsp3) is 0.571. The molecular weight excluding hydrogens is 215 g/mol. The van der Waals surface area contributed by atoms with Crippen molar-refractivity contribution in [2.75, 3.05) is 18.5 Å². The minimum atomic E-state index is -0.108. The van der Waals surface area contributed by atoms with Crippen LogP contribution in [0.5, 0.6) is 0 Å². The number of nitrogens with one attached hydrogen (secondary N) is 1. The topological polar surface area (TPSA) is 15.3 Å². The Kier molecular flexibility index (Phi) is 3.67. The third-order valence-corrected chi connectivity index (χ3v) is 3.53. The molecule has 2 rings (SSSR count). The summed E-state index contributed by atoms with van der Waals surface area (Å²) in [5.74, 6) is -0.108. The number of hydrogen-bond donors (Lipinski definition) is 1. The van der Waals surface area contributed by atoms with Crippen LogP contribution < -0.4 is 10.2 Å². The summed E-state index contributed by atoms with van der Waals surface area (Å²) in [6.07, 6.45) is 2.47. The van der Waals surface area contributed by atoms with Crippen molar-refractivity contribution in [3.8, 4) is 0 Å². The molecule has 1 saturated carbocycles. The maximum Gasteiger partial charge on any atom is 0.130 e. The second kappa shape index (κ2) is 5.05. The number of benzene rings is 1. The predicted molar refractivity (Wildman–Crippen MR) is 69.9 cm³/mol. The minimum absolute atomic E-state index is 0.0407. The third-order valence-electron chi connectivity index (χ3n) is 3.53. The van der Waals surface area contributed by atoms with E-state index in [0.717, 1.165) is 17.8 Å². The van der Waals surface area contributed by atoms with Gasteiger partial charge >= 0.3 is 0 Å². The summed E-state index contributed by atoms with van der Waals surface area (Å²) in [6.45, 7) is 5.08. The van der Waals surface area contributed by atoms with Crippen molar-refractivity contribution in [3.63, 3.8) is 0 Å². The van der Waals surface area contributed by atoms with Gasteiger partial charge < -0.3 is 10.2 Å². The molecule has 17 heavy (non-hydrogen) atoms. The second-order valence-corrected chi connectivity index (χ2v) is 4.70. The van der Waals surface area contributed by atoms with E-state index in [2.05, 4.69) is 17.1 Å². The molecule has 1 atom stereocenters. The molecule has 1 aliphatic rings. The standard InChI is InChI=1S/C14H21FN2/c1-4-17(11-8-9-11)13-7-5-6-12(15)14(13)10(2)16-3/h5-7,10-11,16H,4,8-9H2,1-3H3. The van der Waals surface area contributed by atoms with E-state index in [0.29, 0.717) is 6.04 Å². The number of halogens is 1. The molecule has 0 heterocycles. The van der Waals surface area contributed by atoms with E-state index in [-0.39, 0.29) is 11.9 Å². The Morgan fingerprint density at radius 1 is 1.47 bits per heavy atom. The number of nitrogens with zero attached hydrogens (tertiary/aromatic N) is 1. The van der Waals surface area contributed by atoms with Gasteiger partial charge in [-0.3, -0.25) is 0 Å². The van der Waals surface area contributed by atoms with Crippen LogP contribution in [0.15, 0.2) is 18.2 Å². The van der Waals surface area contributed by atoms with Crippen molar-refractivity contribution in [3.05, 3.63) is 29.6 Å². The van der Waals surface area contributed by atoms with E-state index < -0.39 is 0 Å². The van der Waals surface area contributed by atoms with E-state index >= 15 is 0 Å². The fourth-order valence-corrected chi connectivity index (χ4v) is 2.36. The van der Waals surface area contributed by atoms with Gasteiger partial charge in [0.2, 0.25) is 0 Å². The van der Waals surface area contributed by atoms with Gasteiger partial charge in [-0.25, -0.2) is 4.39 Å². The minimum Gasteiger partial charge on any atom is -0.368 e. The van der Waals surface area contributed by atoms with Gasteiger partial charge in [0, 0.05) is 29.9 Å². The Hall–Kier alpha value is -1.09. The molecule has 0 bridgehead atoms. The van der Waals surface area contributed by atoms with Gasteiger partial charge in [0.15, 0.2) is 0 Å². The maximum absolute atomic E-state index is 14.0. The average molecular weight is 236 g/mol. The first-order valence-electron chi connectivity index (χ1n) is 6.41. The lowest BCUT2D eigenvalue weighted by molar-refractivity contribution is 0.559. The molecule has 3 heteroatoms. The van der Waals surface area contributed by atoms with E-state index in [1.54, 1.807) is 6.07 Å². The van der Waals surface area contributed by atoms with Gasteiger partial charge in [-0.2, -0.15) is 0 Å². The quantitative estimate of drug-likeness (QED) is 0.845. The molecule has 2 nitrogen and oxygen atoms in total. The van der Waals surface area contributed by atoms with Gasteiger partial charge in [0.05, 0.1) is 0 Å². The second-order valence-electron chi connectivity index (χ2n) is 4.70. The molecule has 1 N–H and O–H groups in total. The highest BCUT2D eigenvalue weighted by molar-refractivity contribution is 5.57. The summed E-state index contributed by atoms with van der Waals surface area (Å²) in [5, 5.41) is 3.13. The Morgan fingerprint density at radius 3 is 2.71 bits per heavy atom. The fourth-order valence-electron chi connectivity index (χ4n) is 2.36. The Balaban J connectivity index is 2.40. The van der Waals surface area contributed by atoms with Gasteiger partial charge in [-0.1, -0.05) is 6.07 Å². The molecule has 0 amide bonds.